The molecule has 2 aromatic rings. The quantitative estimate of drug-likeness (QED) is 0.820. The molecule has 0 spiro atoms. The van der Waals surface area contributed by atoms with Crippen molar-refractivity contribution in [2.75, 3.05) is 0 Å². The Labute approximate surface area is 158 Å². The van der Waals surface area contributed by atoms with E-state index in [2.05, 4.69) is 0 Å². The van der Waals surface area contributed by atoms with E-state index in [-0.39, 0.29) is 23.1 Å². The van der Waals surface area contributed by atoms with Crippen molar-refractivity contribution in [3.63, 3.8) is 0 Å². The largest absolute Gasteiger partial charge is 0.478 e. The molecule has 3 rings (SSSR count). The maximum atomic E-state index is 13.3. The van der Waals surface area contributed by atoms with Crippen molar-refractivity contribution in [3.8, 4) is 0 Å². The Morgan fingerprint density at radius 2 is 1.44 bits per heavy atom. The van der Waals surface area contributed by atoms with Crippen molar-refractivity contribution in [3.05, 3.63) is 70.8 Å². The standard InChI is InChI=1S/C22H23NO4/c1-15-11-13-16(14-12-15)20(24)23(17-7-3-2-4-8-17)21(25)18-9-5-6-10-19(18)22(26)27/h5-6,9-14,17H,2-4,7-8H2,1H3,(H,26,27). The highest BCUT2D eigenvalue weighted by Crippen LogP contribution is 2.26. The molecular formula is C22H23NO4. The average Bonchev–Trinajstić information content (AvgIpc) is 2.69. The van der Waals surface area contributed by atoms with E-state index in [9.17, 15) is 19.5 Å². The molecule has 1 aliphatic rings. The molecule has 0 unspecified atom stereocenters. The molecule has 1 saturated carbocycles. The third kappa shape index (κ3) is 4.08. The first-order chi connectivity index (χ1) is 13.0. The summed E-state index contributed by atoms with van der Waals surface area (Å²) in [4.78, 5) is 39.3. The molecule has 0 aromatic heterocycles. The Hall–Kier alpha value is -2.95. The van der Waals surface area contributed by atoms with Gasteiger partial charge in [-0.2, -0.15) is 0 Å². The van der Waals surface area contributed by atoms with Crippen LogP contribution in [-0.2, 0) is 0 Å². The van der Waals surface area contributed by atoms with Gasteiger partial charge in [0.05, 0.1) is 11.1 Å². The molecule has 27 heavy (non-hydrogen) atoms. The molecule has 0 aliphatic heterocycles. The maximum absolute atomic E-state index is 13.3. The predicted molar refractivity (Wildman–Crippen MR) is 102 cm³/mol. The smallest absolute Gasteiger partial charge is 0.336 e. The highest BCUT2D eigenvalue weighted by molar-refractivity contribution is 6.13. The second-order valence-electron chi connectivity index (χ2n) is 6.99. The third-order valence-corrected chi connectivity index (χ3v) is 5.06. The number of carbonyl (C=O) groups excluding carboxylic acids is 2. The minimum absolute atomic E-state index is 0.0519. The summed E-state index contributed by atoms with van der Waals surface area (Å²) >= 11 is 0. The highest BCUT2D eigenvalue weighted by Gasteiger charge is 2.33. The Morgan fingerprint density at radius 1 is 0.852 bits per heavy atom. The fourth-order valence-corrected chi connectivity index (χ4v) is 3.58. The molecule has 0 bridgehead atoms. The van der Waals surface area contributed by atoms with Crippen molar-refractivity contribution in [2.45, 2.75) is 45.1 Å². The van der Waals surface area contributed by atoms with Crippen LogP contribution in [0, 0.1) is 6.92 Å². The number of amides is 2. The van der Waals surface area contributed by atoms with E-state index < -0.39 is 11.9 Å². The molecule has 140 valence electrons. The van der Waals surface area contributed by atoms with E-state index >= 15 is 0 Å². The second kappa shape index (κ2) is 8.16. The van der Waals surface area contributed by atoms with Gasteiger partial charge in [-0.1, -0.05) is 49.1 Å². The molecule has 1 N–H and O–H groups in total. The Bertz CT molecular complexity index is 851. The van der Waals surface area contributed by atoms with Gasteiger partial charge in [0.15, 0.2) is 0 Å². The van der Waals surface area contributed by atoms with Crippen molar-refractivity contribution in [1.29, 1.82) is 0 Å². The fraction of sp³-hybridized carbons (Fsp3) is 0.318. The number of rotatable bonds is 4. The van der Waals surface area contributed by atoms with Crippen molar-refractivity contribution in [2.24, 2.45) is 0 Å². The lowest BCUT2D eigenvalue weighted by molar-refractivity contribution is 0.0501. The monoisotopic (exact) mass is 365 g/mol. The van der Waals surface area contributed by atoms with Crippen LogP contribution in [0.15, 0.2) is 48.5 Å². The summed E-state index contributed by atoms with van der Waals surface area (Å²) in [5.41, 5.74) is 1.43. The summed E-state index contributed by atoms with van der Waals surface area (Å²) in [7, 11) is 0. The van der Waals surface area contributed by atoms with Crippen LogP contribution in [0.4, 0.5) is 0 Å². The molecule has 2 amide bonds. The molecule has 0 saturated heterocycles. The van der Waals surface area contributed by atoms with Crippen LogP contribution in [0.1, 0.15) is 68.7 Å². The zero-order valence-electron chi connectivity index (χ0n) is 15.4. The first-order valence-corrected chi connectivity index (χ1v) is 9.26. The van der Waals surface area contributed by atoms with E-state index in [0.29, 0.717) is 5.56 Å². The van der Waals surface area contributed by atoms with Crippen LogP contribution in [0.25, 0.3) is 0 Å². The number of hydrogen-bond donors (Lipinski definition) is 1. The minimum Gasteiger partial charge on any atom is -0.478 e. The zero-order valence-corrected chi connectivity index (χ0v) is 15.4. The summed E-state index contributed by atoms with van der Waals surface area (Å²) in [6.07, 6.45) is 4.49. The first-order valence-electron chi connectivity index (χ1n) is 9.26. The summed E-state index contributed by atoms with van der Waals surface area (Å²) in [5.74, 6) is -2.08. The van der Waals surface area contributed by atoms with Gasteiger partial charge in [-0.15, -0.1) is 0 Å². The first kappa shape index (κ1) is 18.8. The van der Waals surface area contributed by atoms with Crippen LogP contribution in [-0.4, -0.2) is 33.8 Å². The number of carboxylic acids is 1. The number of carboxylic acid groups (broad SMARTS) is 1. The van der Waals surface area contributed by atoms with E-state index in [0.717, 1.165) is 37.7 Å². The lowest BCUT2D eigenvalue weighted by Crippen LogP contribution is -2.46. The Kier molecular flexibility index (Phi) is 5.69. The molecular weight excluding hydrogens is 342 g/mol. The molecule has 0 radical (unpaired) electrons. The van der Waals surface area contributed by atoms with E-state index in [1.165, 1.54) is 17.0 Å². The van der Waals surface area contributed by atoms with Gasteiger partial charge in [-0.3, -0.25) is 14.5 Å². The van der Waals surface area contributed by atoms with Gasteiger partial charge in [-0.05, 0) is 44.0 Å². The van der Waals surface area contributed by atoms with Gasteiger partial charge in [0.25, 0.3) is 11.8 Å². The molecule has 1 fully saturated rings. The van der Waals surface area contributed by atoms with Crippen LogP contribution >= 0.6 is 0 Å². The Balaban J connectivity index is 2.02. The van der Waals surface area contributed by atoms with Crippen LogP contribution < -0.4 is 0 Å². The molecule has 0 atom stereocenters. The second-order valence-corrected chi connectivity index (χ2v) is 6.99. The summed E-state index contributed by atoms with van der Waals surface area (Å²) in [6, 6.07) is 13.0. The van der Waals surface area contributed by atoms with E-state index in [4.69, 9.17) is 0 Å². The van der Waals surface area contributed by atoms with Crippen LogP contribution in [0.3, 0.4) is 0 Å². The maximum Gasteiger partial charge on any atom is 0.336 e. The number of nitrogens with zero attached hydrogens (tertiary/aromatic N) is 1. The summed E-state index contributed by atoms with van der Waals surface area (Å²) in [6.45, 7) is 1.93. The van der Waals surface area contributed by atoms with Gasteiger partial charge in [0.2, 0.25) is 0 Å². The van der Waals surface area contributed by atoms with Crippen molar-refractivity contribution >= 4 is 17.8 Å². The van der Waals surface area contributed by atoms with Gasteiger partial charge >= 0.3 is 5.97 Å². The fourth-order valence-electron chi connectivity index (χ4n) is 3.58. The van der Waals surface area contributed by atoms with E-state index in [1.54, 1.807) is 24.3 Å². The van der Waals surface area contributed by atoms with Gasteiger partial charge < -0.3 is 5.11 Å². The number of hydrogen-bond acceptors (Lipinski definition) is 3. The molecule has 0 heterocycles. The molecule has 5 nitrogen and oxygen atoms in total. The predicted octanol–water partition coefficient (Wildman–Crippen LogP) is 4.31. The van der Waals surface area contributed by atoms with Crippen LogP contribution in [0.5, 0.6) is 0 Å². The van der Waals surface area contributed by atoms with Crippen molar-refractivity contribution < 1.29 is 19.5 Å². The van der Waals surface area contributed by atoms with E-state index in [1.807, 2.05) is 19.1 Å². The van der Waals surface area contributed by atoms with Crippen molar-refractivity contribution in [1.82, 2.24) is 4.90 Å². The lowest BCUT2D eigenvalue weighted by Gasteiger charge is -2.33. The summed E-state index contributed by atoms with van der Waals surface area (Å²) < 4.78 is 0. The SMILES string of the molecule is Cc1ccc(C(=O)N(C(=O)c2ccccc2C(=O)O)C2CCCCC2)cc1. The number of aromatic carboxylic acids is 1. The molecule has 2 aromatic carbocycles. The van der Waals surface area contributed by atoms with Gasteiger partial charge in [-0.25, -0.2) is 4.79 Å². The number of imide groups is 1. The molecule has 5 heteroatoms. The summed E-state index contributed by atoms with van der Waals surface area (Å²) in [5, 5.41) is 9.44. The third-order valence-electron chi connectivity index (χ3n) is 5.06. The lowest BCUT2D eigenvalue weighted by atomic mass is 9.92. The van der Waals surface area contributed by atoms with Gasteiger partial charge in [0.1, 0.15) is 0 Å². The average molecular weight is 365 g/mol. The van der Waals surface area contributed by atoms with Crippen LogP contribution in [0.2, 0.25) is 0 Å². The topological polar surface area (TPSA) is 74.7 Å². The minimum atomic E-state index is -1.18. The Morgan fingerprint density at radius 3 is 2.04 bits per heavy atom. The number of benzene rings is 2. The highest BCUT2D eigenvalue weighted by atomic mass is 16.4. The number of aryl methyl sites for hydroxylation is 1. The van der Waals surface area contributed by atoms with Gasteiger partial charge in [0, 0.05) is 11.6 Å². The normalized spacial score (nSPS) is 14.6. The zero-order chi connectivity index (χ0) is 19.4. The molecule has 1 aliphatic carbocycles. The number of carbonyl (C=O) groups is 3.